The molecule has 0 atom stereocenters. The van der Waals surface area contributed by atoms with Crippen LogP contribution >= 0.6 is 0 Å². The molecule has 0 N–H and O–H groups in total. The normalized spacial score (nSPS) is 13.1. The van der Waals surface area contributed by atoms with E-state index in [1.807, 2.05) is 0 Å². The molecule has 0 aliphatic carbocycles. The molecule has 11 aromatic rings. The topological polar surface area (TPSA) is 6.48 Å². The van der Waals surface area contributed by atoms with Crippen molar-refractivity contribution in [1.29, 1.82) is 0 Å². The van der Waals surface area contributed by atoms with Gasteiger partial charge >= 0.3 is 0 Å². The minimum Gasteiger partial charge on any atom is -0.311 e. The lowest BCUT2D eigenvalue weighted by Crippen LogP contribution is -2.61. The molecule has 394 valence electrons. The van der Waals surface area contributed by atoms with Crippen molar-refractivity contribution in [2.75, 3.05) is 9.80 Å². The summed E-state index contributed by atoms with van der Waals surface area (Å²) in [6.07, 6.45) is 0. The molecule has 2 aliphatic rings. The van der Waals surface area contributed by atoms with Gasteiger partial charge in [-0.25, -0.2) is 0 Å². The van der Waals surface area contributed by atoms with Gasteiger partial charge in [-0.2, -0.15) is 0 Å². The maximum Gasteiger partial charge on any atom is 0.252 e. The Kier molecular flexibility index (Phi) is 12.7. The van der Waals surface area contributed by atoms with E-state index < -0.39 is 0 Å². The molecule has 0 fully saturated rings. The van der Waals surface area contributed by atoms with Gasteiger partial charge in [0.25, 0.3) is 6.71 Å². The highest BCUT2D eigenvalue weighted by Crippen LogP contribution is 2.50. The van der Waals surface area contributed by atoms with Gasteiger partial charge in [-0.15, -0.1) is 0 Å². The van der Waals surface area contributed by atoms with Gasteiger partial charge in [-0.1, -0.05) is 280 Å². The van der Waals surface area contributed by atoms with Crippen molar-refractivity contribution < 1.29 is 0 Å². The Balaban J connectivity index is 1.11. The summed E-state index contributed by atoms with van der Waals surface area (Å²) in [4.78, 5) is 5.24. The van der Waals surface area contributed by atoms with E-state index in [1.165, 1.54) is 106 Å². The molecule has 0 saturated heterocycles. The van der Waals surface area contributed by atoms with E-state index in [-0.39, 0.29) is 28.4 Å². The van der Waals surface area contributed by atoms with E-state index in [1.54, 1.807) is 0 Å². The Morgan fingerprint density at radius 2 is 0.519 bits per heavy atom. The molecule has 2 heterocycles. The van der Waals surface area contributed by atoms with Crippen molar-refractivity contribution in [2.45, 2.75) is 77.0 Å². The molecule has 0 amide bonds. The van der Waals surface area contributed by atoms with E-state index >= 15 is 0 Å². The molecule has 0 saturated carbocycles. The van der Waals surface area contributed by atoms with Gasteiger partial charge in [0.15, 0.2) is 0 Å². The second-order valence-electron chi connectivity index (χ2n) is 24.6. The molecule has 11 aromatic carbocycles. The highest BCUT2D eigenvalue weighted by atomic mass is 15.2. The van der Waals surface area contributed by atoms with Crippen LogP contribution in [0.3, 0.4) is 0 Å². The van der Waals surface area contributed by atoms with E-state index in [2.05, 4.69) is 338 Å². The highest BCUT2D eigenvalue weighted by Gasteiger charge is 2.45. The number of rotatable bonds is 12. The average Bonchev–Trinajstić information content (AvgIpc) is 2.43. The first kappa shape index (κ1) is 51.5. The number of hydrogen-bond acceptors (Lipinski definition) is 2. The molecular weight excluding hydrogens is 976 g/mol. The van der Waals surface area contributed by atoms with E-state index in [4.69, 9.17) is 0 Å². The molecule has 0 bridgehead atoms. The van der Waals surface area contributed by atoms with Gasteiger partial charge in [0.1, 0.15) is 0 Å². The van der Waals surface area contributed by atoms with Crippen molar-refractivity contribution in [3.05, 3.63) is 317 Å². The van der Waals surface area contributed by atoms with Crippen LogP contribution in [0.5, 0.6) is 0 Å². The molecule has 81 heavy (non-hydrogen) atoms. The van der Waals surface area contributed by atoms with E-state index in [9.17, 15) is 0 Å². The number of fused-ring (bicyclic) bond motifs is 4. The lowest BCUT2D eigenvalue weighted by Gasteiger charge is -2.45. The molecule has 2 nitrogen and oxygen atoms in total. The number of anilines is 6. The molecule has 0 radical (unpaired) electrons. The summed E-state index contributed by atoms with van der Waals surface area (Å²) in [6.45, 7) is 19.0. The fourth-order valence-corrected chi connectivity index (χ4v) is 13.1. The Morgan fingerprint density at radius 3 is 0.815 bits per heavy atom. The lowest BCUT2D eigenvalue weighted by molar-refractivity contribution is 0.617. The minimum absolute atomic E-state index is 0.0725. The second kappa shape index (κ2) is 20.0. The number of nitrogens with zero attached hydrogens (tertiary/aromatic N) is 2. The largest absolute Gasteiger partial charge is 0.311 e. The summed E-state index contributed by atoms with van der Waals surface area (Å²) in [5.41, 5.74) is 24.6. The molecule has 0 unspecified atom stereocenters. The van der Waals surface area contributed by atoms with Crippen LogP contribution < -0.4 is 26.2 Å². The van der Waals surface area contributed by atoms with E-state index in [0.717, 1.165) is 11.4 Å². The van der Waals surface area contributed by atoms with Gasteiger partial charge in [-0.05, 0) is 132 Å². The smallest absolute Gasteiger partial charge is 0.252 e. The summed E-state index contributed by atoms with van der Waals surface area (Å²) in [6, 6.07) is 103. The summed E-state index contributed by atoms with van der Waals surface area (Å²) < 4.78 is 0. The predicted molar refractivity (Wildman–Crippen MR) is 346 cm³/mol. The first-order valence-electron chi connectivity index (χ1n) is 28.9. The standard InChI is InChI=1S/C78H69BN2/c1-75(2,58-32-19-11-20-33-58)62-48-63(76(3,4)59-34-21-12-22-35-59)51-66(50-62)80-70-40-27-41-71-74(70)79(68-44-42-56(46-72(68)80)54-28-15-9-16-29-54)69-45-43-57(55-30-17-10-18-31-55)47-73(69)81(71)67-52-64(77(5,6)60-36-23-13-24-37-60)49-65(53-67)78(7,8)61-38-25-14-26-39-61/h9-53H,1-8H3. The zero-order valence-electron chi connectivity index (χ0n) is 48.0. The molecule has 2 aliphatic heterocycles. The van der Waals surface area contributed by atoms with Gasteiger partial charge in [0, 0.05) is 55.8 Å². The fourth-order valence-electron chi connectivity index (χ4n) is 13.1. The monoisotopic (exact) mass is 1040 g/mol. The van der Waals surface area contributed by atoms with E-state index in [0.29, 0.717) is 0 Å². The summed E-state index contributed by atoms with van der Waals surface area (Å²) in [7, 11) is 0. The molecular formula is C78H69BN2. The first-order valence-corrected chi connectivity index (χ1v) is 28.9. The zero-order chi connectivity index (χ0) is 55.7. The van der Waals surface area contributed by atoms with Crippen LogP contribution in [0.1, 0.15) is 99.9 Å². The van der Waals surface area contributed by atoms with Crippen LogP contribution in [0.2, 0.25) is 0 Å². The van der Waals surface area contributed by atoms with Crippen LogP contribution in [-0.2, 0) is 21.7 Å². The van der Waals surface area contributed by atoms with Gasteiger partial charge in [-0.3, -0.25) is 0 Å². The lowest BCUT2D eigenvalue weighted by atomic mass is 9.33. The Bertz CT molecular complexity index is 3690. The van der Waals surface area contributed by atoms with Crippen molar-refractivity contribution in [3.63, 3.8) is 0 Å². The first-order chi connectivity index (χ1) is 39.2. The fraction of sp³-hybridized carbons (Fsp3) is 0.154. The van der Waals surface area contributed by atoms with Crippen LogP contribution in [0.4, 0.5) is 34.1 Å². The maximum absolute atomic E-state index is 2.62. The Hall–Kier alpha value is -8.92. The highest BCUT2D eigenvalue weighted by molar-refractivity contribution is 7.00. The third kappa shape index (κ3) is 8.91. The van der Waals surface area contributed by atoms with Gasteiger partial charge in [0.2, 0.25) is 0 Å². The molecule has 0 spiro atoms. The maximum atomic E-state index is 2.62. The minimum atomic E-state index is -0.322. The van der Waals surface area contributed by atoms with Crippen LogP contribution in [0, 0.1) is 0 Å². The van der Waals surface area contributed by atoms with Gasteiger partial charge in [0.05, 0.1) is 0 Å². The Labute approximate surface area is 481 Å². The Morgan fingerprint density at radius 1 is 0.235 bits per heavy atom. The van der Waals surface area contributed by atoms with Crippen molar-refractivity contribution in [1.82, 2.24) is 0 Å². The zero-order valence-corrected chi connectivity index (χ0v) is 48.0. The average molecular weight is 1050 g/mol. The summed E-state index contributed by atoms with van der Waals surface area (Å²) in [5.74, 6) is 0. The van der Waals surface area contributed by atoms with Crippen LogP contribution in [0.15, 0.2) is 273 Å². The van der Waals surface area contributed by atoms with Gasteiger partial charge < -0.3 is 9.80 Å². The van der Waals surface area contributed by atoms with Crippen molar-refractivity contribution in [2.24, 2.45) is 0 Å². The molecule has 0 aromatic heterocycles. The summed E-state index contributed by atoms with van der Waals surface area (Å²) >= 11 is 0. The van der Waals surface area contributed by atoms with Crippen LogP contribution in [-0.4, -0.2) is 6.71 Å². The third-order valence-electron chi connectivity index (χ3n) is 18.4. The summed E-state index contributed by atoms with van der Waals surface area (Å²) in [5, 5.41) is 0. The van der Waals surface area contributed by atoms with Crippen molar-refractivity contribution >= 4 is 57.2 Å². The quantitative estimate of drug-likeness (QED) is 0.113. The molecule has 13 rings (SSSR count). The SMILES string of the molecule is CC(C)(c1ccccc1)c1cc(N2c3cc(-c4ccccc4)ccc3B3c4ccc(-c5ccccc5)cc4N(c4cc(C(C)(C)c5ccccc5)cc(C(C)(C)c5ccccc5)c4)c4cccc2c43)cc(C(C)(C)c2ccccc2)c1. The predicted octanol–water partition coefficient (Wildman–Crippen LogP) is 18.4. The molecule has 3 heteroatoms. The number of hydrogen-bond donors (Lipinski definition) is 0. The van der Waals surface area contributed by atoms with Crippen LogP contribution in [0.25, 0.3) is 22.3 Å². The second-order valence-corrected chi connectivity index (χ2v) is 24.6. The number of benzene rings is 11. The third-order valence-corrected chi connectivity index (χ3v) is 18.4. The van der Waals surface area contributed by atoms with Crippen molar-refractivity contribution in [3.8, 4) is 22.3 Å².